The lowest BCUT2D eigenvalue weighted by atomic mass is 9.95. The summed E-state index contributed by atoms with van der Waals surface area (Å²) < 4.78 is 0. The smallest absolute Gasteiger partial charge is 0.333 e. The second-order valence-corrected chi connectivity index (χ2v) is 7.11. The molecule has 5 heteroatoms. The number of hydrogen-bond acceptors (Lipinski definition) is 3. The van der Waals surface area contributed by atoms with Crippen molar-refractivity contribution in [2.75, 3.05) is 0 Å². The predicted molar refractivity (Wildman–Crippen MR) is 99.7 cm³/mol. The largest absolute Gasteiger partial charge is 0.481 e. The molecule has 0 aliphatic heterocycles. The standard InChI is InChI=1S/C20H38O5/c1-2-3-4-5-6-7-8-9-10-11-12-13-14-15-16-17(19(22)23)18(21)20(24)25/h17-18,21H,2-16H2,1H3,(H,22,23)(H,24,25). The van der Waals surface area contributed by atoms with Crippen molar-refractivity contribution < 1.29 is 24.9 Å². The molecule has 3 N–H and O–H groups in total. The Hall–Kier alpha value is -1.10. The number of unbranched alkanes of at least 4 members (excludes halogenated alkanes) is 13. The molecule has 0 heterocycles. The zero-order valence-electron chi connectivity index (χ0n) is 15.9. The highest BCUT2D eigenvalue weighted by atomic mass is 16.4. The summed E-state index contributed by atoms with van der Waals surface area (Å²) >= 11 is 0. The fourth-order valence-electron chi connectivity index (χ4n) is 3.15. The van der Waals surface area contributed by atoms with E-state index in [4.69, 9.17) is 10.2 Å². The number of rotatable bonds is 18. The van der Waals surface area contributed by atoms with Crippen molar-refractivity contribution in [1.29, 1.82) is 0 Å². The van der Waals surface area contributed by atoms with Crippen LogP contribution < -0.4 is 0 Å². The van der Waals surface area contributed by atoms with Gasteiger partial charge in [0.15, 0.2) is 6.10 Å². The molecule has 0 aromatic heterocycles. The van der Waals surface area contributed by atoms with E-state index in [0.29, 0.717) is 6.42 Å². The lowest BCUT2D eigenvalue weighted by Crippen LogP contribution is -2.34. The van der Waals surface area contributed by atoms with E-state index in [2.05, 4.69) is 6.92 Å². The highest BCUT2D eigenvalue weighted by Crippen LogP contribution is 2.17. The minimum absolute atomic E-state index is 0.223. The number of carboxylic acid groups (broad SMARTS) is 2. The van der Waals surface area contributed by atoms with Crippen LogP contribution in [0, 0.1) is 5.92 Å². The fraction of sp³-hybridized carbons (Fsp3) is 0.900. The van der Waals surface area contributed by atoms with Gasteiger partial charge in [0.25, 0.3) is 0 Å². The zero-order chi connectivity index (χ0) is 18.9. The van der Waals surface area contributed by atoms with Gasteiger partial charge in [-0.3, -0.25) is 4.79 Å². The molecule has 0 aliphatic rings. The van der Waals surface area contributed by atoms with E-state index in [1.165, 1.54) is 64.2 Å². The Balaban J connectivity index is 3.43. The predicted octanol–water partition coefficient (Wildman–Crippen LogP) is 5.00. The molecule has 0 aliphatic carbocycles. The number of aliphatic hydroxyl groups excluding tert-OH is 1. The van der Waals surface area contributed by atoms with Crippen molar-refractivity contribution in [3.05, 3.63) is 0 Å². The first-order valence-corrected chi connectivity index (χ1v) is 10.1. The maximum absolute atomic E-state index is 11.0. The van der Waals surface area contributed by atoms with Crippen LogP contribution in [-0.4, -0.2) is 33.4 Å². The molecule has 0 radical (unpaired) electrons. The number of carbonyl (C=O) groups is 2. The van der Waals surface area contributed by atoms with Crippen LogP contribution >= 0.6 is 0 Å². The summed E-state index contributed by atoms with van der Waals surface area (Å²) in [6, 6.07) is 0. The van der Waals surface area contributed by atoms with Crippen molar-refractivity contribution in [1.82, 2.24) is 0 Å². The van der Waals surface area contributed by atoms with Crippen LogP contribution in [-0.2, 0) is 9.59 Å². The van der Waals surface area contributed by atoms with Gasteiger partial charge >= 0.3 is 11.9 Å². The Labute approximate surface area is 152 Å². The maximum Gasteiger partial charge on any atom is 0.333 e. The number of aliphatic carboxylic acids is 2. The van der Waals surface area contributed by atoms with Gasteiger partial charge in [-0.15, -0.1) is 0 Å². The SMILES string of the molecule is CCCCCCCCCCCCCCCCC(C(=O)O)C(O)C(=O)O. The Morgan fingerprint density at radius 1 is 0.640 bits per heavy atom. The topological polar surface area (TPSA) is 94.8 Å². The van der Waals surface area contributed by atoms with Gasteiger partial charge in [-0.25, -0.2) is 4.79 Å². The van der Waals surface area contributed by atoms with Gasteiger partial charge in [-0.2, -0.15) is 0 Å². The Morgan fingerprint density at radius 2 is 1.00 bits per heavy atom. The molecular weight excluding hydrogens is 320 g/mol. The van der Waals surface area contributed by atoms with E-state index >= 15 is 0 Å². The van der Waals surface area contributed by atoms with Crippen LogP contribution in [0.15, 0.2) is 0 Å². The summed E-state index contributed by atoms with van der Waals surface area (Å²) in [5.74, 6) is -3.89. The first-order chi connectivity index (χ1) is 12.0. The summed E-state index contributed by atoms with van der Waals surface area (Å²) in [6.07, 6.45) is 15.4. The summed E-state index contributed by atoms with van der Waals surface area (Å²) in [5.41, 5.74) is 0. The highest BCUT2D eigenvalue weighted by Gasteiger charge is 2.31. The minimum atomic E-state index is -1.81. The summed E-state index contributed by atoms with van der Waals surface area (Å²) in [5, 5.41) is 27.1. The summed E-state index contributed by atoms with van der Waals surface area (Å²) in [4.78, 5) is 21.7. The van der Waals surface area contributed by atoms with Crippen LogP contribution in [0.2, 0.25) is 0 Å². The Kier molecular flexibility index (Phi) is 15.7. The number of hydrogen-bond donors (Lipinski definition) is 3. The van der Waals surface area contributed by atoms with E-state index < -0.39 is 24.0 Å². The van der Waals surface area contributed by atoms with E-state index in [-0.39, 0.29) is 6.42 Å². The zero-order valence-corrected chi connectivity index (χ0v) is 15.9. The first kappa shape index (κ1) is 23.9. The quantitative estimate of drug-likeness (QED) is 0.300. The van der Waals surface area contributed by atoms with E-state index in [1.807, 2.05) is 0 Å². The van der Waals surface area contributed by atoms with Crippen LogP contribution in [0.25, 0.3) is 0 Å². The molecule has 2 atom stereocenters. The van der Waals surface area contributed by atoms with Crippen LogP contribution in [0.3, 0.4) is 0 Å². The molecule has 0 bridgehead atoms. The third kappa shape index (κ3) is 13.8. The van der Waals surface area contributed by atoms with Gasteiger partial charge in [0, 0.05) is 0 Å². The second kappa shape index (κ2) is 16.4. The third-order valence-electron chi connectivity index (χ3n) is 4.82. The number of carboxylic acids is 2. The lowest BCUT2D eigenvalue weighted by molar-refractivity contribution is -0.159. The average molecular weight is 359 g/mol. The van der Waals surface area contributed by atoms with Crippen molar-refractivity contribution in [3.63, 3.8) is 0 Å². The molecule has 0 amide bonds. The highest BCUT2D eigenvalue weighted by molar-refractivity contribution is 5.81. The maximum atomic E-state index is 11.0. The van der Waals surface area contributed by atoms with Crippen molar-refractivity contribution in [2.24, 2.45) is 5.92 Å². The molecule has 0 aromatic rings. The minimum Gasteiger partial charge on any atom is -0.481 e. The van der Waals surface area contributed by atoms with Crippen molar-refractivity contribution in [3.8, 4) is 0 Å². The van der Waals surface area contributed by atoms with Gasteiger partial charge in [0.2, 0.25) is 0 Å². The summed E-state index contributed by atoms with van der Waals surface area (Å²) in [7, 11) is 0. The van der Waals surface area contributed by atoms with Crippen molar-refractivity contribution >= 4 is 11.9 Å². The second-order valence-electron chi connectivity index (χ2n) is 7.11. The van der Waals surface area contributed by atoms with Gasteiger partial charge < -0.3 is 15.3 Å². The number of aliphatic hydroxyl groups is 1. The molecule has 0 saturated heterocycles. The van der Waals surface area contributed by atoms with Crippen LogP contribution in [0.1, 0.15) is 103 Å². The average Bonchev–Trinajstić information content (AvgIpc) is 2.57. The molecule has 0 rings (SSSR count). The van der Waals surface area contributed by atoms with Gasteiger partial charge in [0.05, 0.1) is 5.92 Å². The van der Waals surface area contributed by atoms with Crippen LogP contribution in [0.4, 0.5) is 0 Å². The molecule has 148 valence electrons. The van der Waals surface area contributed by atoms with Crippen molar-refractivity contribution in [2.45, 2.75) is 109 Å². The van der Waals surface area contributed by atoms with Gasteiger partial charge in [-0.05, 0) is 6.42 Å². The lowest BCUT2D eigenvalue weighted by Gasteiger charge is -2.15. The summed E-state index contributed by atoms with van der Waals surface area (Å²) in [6.45, 7) is 2.24. The molecule has 5 nitrogen and oxygen atoms in total. The first-order valence-electron chi connectivity index (χ1n) is 10.1. The molecule has 0 fully saturated rings. The van der Waals surface area contributed by atoms with E-state index in [9.17, 15) is 14.7 Å². The fourth-order valence-corrected chi connectivity index (χ4v) is 3.15. The third-order valence-corrected chi connectivity index (χ3v) is 4.82. The Bertz CT molecular complexity index is 343. The molecule has 0 spiro atoms. The van der Waals surface area contributed by atoms with Crippen LogP contribution in [0.5, 0.6) is 0 Å². The van der Waals surface area contributed by atoms with E-state index in [1.54, 1.807) is 0 Å². The molecule has 2 unspecified atom stereocenters. The molecular formula is C20H38O5. The monoisotopic (exact) mass is 358 g/mol. The Morgan fingerprint density at radius 3 is 1.32 bits per heavy atom. The molecule has 25 heavy (non-hydrogen) atoms. The molecule has 0 aromatic carbocycles. The molecule has 0 saturated carbocycles. The van der Waals surface area contributed by atoms with Gasteiger partial charge in [-0.1, -0.05) is 96.8 Å². The van der Waals surface area contributed by atoms with Gasteiger partial charge in [0.1, 0.15) is 0 Å². The van der Waals surface area contributed by atoms with E-state index in [0.717, 1.165) is 19.3 Å². The normalized spacial score (nSPS) is 13.5.